The van der Waals surface area contributed by atoms with Crippen molar-refractivity contribution >= 4 is 38.7 Å². The molecule has 0 saturated carbocycles. The number of aryl methyl sites for hydroxylation is 1. The number of nitrogens with zero attached hydrogens (tertiary/aromatic N) is 3. The smallest absolute Gasteiger partial charge is 0.279 e. The molecule has 0 spiro atoms. The quantitative estimate of drug-likeness (QED) is 0.638. The third-order valence-corrected chi connectivity index (χ3v) is 7.30. The molecule has 0 aromatic carbocycles. The first-order chi connectivity index (χ1) is 12.3. The Morgan fingerprint density at radius 1 is 1.38 bits per heavy atom. The molecule has 0 aliphatic heterocycles. The highest BCUT2D eigenvalue weighted by molar-refractivity contribution is 7.18. The molecule has 0 bridgehead atoms. The van der Waals surface area contributed by atoms with Crippen molar-refractivity contribution in [3.8, 4) is 0 Å². The molecule has 3 heterocycles. The summed E-state index contributed by atoms with van der Waals surface area (Å²) in [6.07, 6.45) is 2.97. The minimum atomic E-state index is -0.188. The minimum absolute atomic E-state index is 0.0580. The molecule has 26 heavy (non-hydrogen) atoms. The van der Waals surface area contributed by atoms with Crippen LogP contribution in [0, 0.1) is 11.3 Å². The minimum Gasteiger partial charge on any atom is -0.291 e. The number of fused-ring (bicyclic) bond motifs is 3. The summed E-state index contributed by atoms with van der Waals surface area (Å²) in [5.74, 6) is 0.506. The Bertz CT molecular complexity index is 1030. The average Bonchev–Trinajstić information content (AvgIpc) is 3.23. The fraction of sp³-hybridized carbons (Fsp3) is 0.474. The molecular weight excluding hydrogens is 366 g/mol. The van der Waals surface area contributed by atoms with Gasteiger partial charge >= 0.3 is 0 Å². The van der Waals surface area contributed by atoms with E-state index in [0.717, 1.165) is 24.8 Å². The Kier molecular flexibility index (Phi) is 4.31. The van der Waals surface area contributed by atoms with Crippen molar-refractivity contribution < 1.29 is 4.79 Å². The van der Waals surface area contributed by atoms with E-state index in [4.69, 9.17) is 0 Å². The number of thiophene rings is 2. The maximum atomic E-state index is 13.0. The normalized spacial score (nSPS) is 17.4. The summed E-state index contributed by atoms with van der Waals surface area (Å²) < 4.78 is 1.22. The topological polar surface area (TPSA) is 64.8 Å². The summed E-state index contributed by atoms with van der Waals surface area (Å²) in [5.41, 5.74) is 1.20. The molecule has 1 aliphatic rings. The first-order valence-electron chi connectivity index (χ1n) is 8.79. The molecule has 7 heteroatoms. The predicted octanol–water partition coefficient (Wildman–Crippen LogP) is 3.95. The zero-order chi connectivity index (χ0) is 18.5. The molecule has 4 rings (SSSR count). The van der Waals surface area contributed by atoms with Gasteiger partial charge in [0.05, 0.1) is 10.3 Å². The van der Waals surface area contributed by atoms with Gasteiger partial charge in [0.2, 0.25) is 0 Å². The van der Waals surface area contributed by atoms with Crippen molar-refractivity contribution in [2.45, 2.75) is 46.6 Å². The molecule has 1 aliphatic carbocycles. The lowest BCUT2D eigenvalue weighted by molar-refractivity contribution is 0.0968. The summed E-state index contributed by atoms with van der Waals surface area (Å²) in [6.45, 7) is 6.77. The number of carbonyl (C=O) groups is 1. The van der Waals surface area contributed by atoms with Crippen molar-refractivity contribution in [1.29, 1.82) is 0 Å². The van der Waals surface area contributed by atoms with E-state index >= 15 is 0 Å². The molecule has 0 amide bonds. The van der Waals surface area contributed by atoms with Crippen molar-refractivity contribution in [2.75, 3.05) is 0 Å². The standard InChI is InChI=1S/C19H21N3O2S2/c1-19(2,3)11-6-7-12-15(9-11)26-17-16(12)18(24)22(21-20-17)10-13(23)14-5-4-8-25-14/h4-5,8,11H,6-7,9-10H2,1-3H3/t11-/m0/s1. The number of Topliss-reactive ketones (excluding diaryl/α,β-unsaturated/α-hetero) is 1. The molecule has 0 unspecified atom stereocenters. The van der Waals surface area contributed by atoms with Gasteiger partial charge in [0, 0.05) is 4.88 Å². The van der Waals surface area contributed by atoms with Gasteiger partial charge in [0.25, 0.3) is 5.56 Å². The van der Waals surface area contributed by atoms with Crippen LogP contribution in [0.4, 0.5) is 0 Å². The molecule has 5 nitrogen and oxygen atoms in total. The van der Waals surface area contributed by atoms with Crippen LogP contribution in [-0.2, 0) is 19.4 Å². The number of hydrogen-bond acceptors (Lipinski definition) is 6. The Morgan fingerprint density at radius 2 is 2.19 bits per heavy atom. The third kappa shape index (κ3) is 3.03. The summed E-state index contributed by atoms with van der Waals surface area (Å²) in [5, 5.41) is 10.8. The lowest BCUT2D eigenvalue weighted by Crippen LogP contribution is -2.29. The second-order valence-electron chi connectivity index (χ2n) is 7.94. The highest BCUT2D eigenvalue weighted by Crippen LogP contribution is 2.41. The van der Waals surface area contributed by atoms with Gasteiger partial charge < -0.3 is 0 Å². The van der Waals surface area contributed by atoms with E-state index < -0.39 is 0 Å². The monoisotopic (exact) mass is 387 g/mol. The molecule has 1 atom stereocenters. The Labute approximate surface area is 159 Å². The molecule has 0 fully saturated rings. The fourth-order valence-corrected chi connectivity index (χ4v) is 5.51. The van der Waals surface area contributed by atoms with E-state index in [-0.39, 0.29) is 23.3 Å². The van der Waals surface area contributed by atoms with Crippen LogP contribution in [0.3, 0.4) is 0 Å². The summed E-state index contributed by atoms with van der Waals surface area (Å²) >= 11 is 2.96. The summed E-state index contributed by atoms with van der Waals surface area (Å²) in [7, 11) is 0. The number of aromatic nitrogens is 3. The fourth-order valence-electron chi connectivity index (χ4n) is 3.62. The lowest BCUT2D eigenvalue weighted by Gasteiger charge is -2.33. The molecule has 0 saturated heterocycles. The largest absolute Gasteiger partial charge is 0.291 e. The molecule has 3 aromatic rings. The van der Waals surface area contributed by atoms with Crippen LogP contribution >= 0.6 is 22.7 Å². The van der Waals surface area contributed by atoms with Crippen LogP contribution in [0.15, 0.2) is 22.3 Å². The van der Waals surface area contributed by atoms with Crippen LogP contribution in [0.2, 0.25) is 0 Å². The van der Waals surface area contributed by atoms with Crippen LogP contribution in [0.5, 0.6) is 0 Å². The number of hydrogen-bond donors (Lipinski definition) is 0. The van der Waals surface area contributed by atoms with Gasteiger partial charge in [-0.1, -0.05) is 32.1 Å². The van der Waals surface area contributed by atoms with E-state index in [0.29, 0.717) is 21.0 Å². The third-order valence-electron chi connectivity index (χ3n) is 5.25. The Hall–Kier alpha value is -1.86. The number of rotatable bonds is 3. The highest BCUT2D eigenvalue weighted by atomic mass is 32.1. The maximum Gasteiger partial charge on any atom is 0.279 e. The van der Waals surface area contributed by atoms with E-state index in [1.807, 2.05) is 11.4 Å². The van der Waals surface area contributed by atoms with E-state index in [9.17, 15) is 9.59 Å². The zero-order valence-electron chi connectivity index (χ0n) is 15.1. The maximum absolute atomic E-state index is 13.0. The summed E-state index contributed by atoms with van der Waals surface area (Å²) in [4.78, 5) is 27.9. The SMILES string of the molecule is CC(C)(C)[C@H]1CCc2c(sc3nnn(CC(=O)c4cccs4)c(=O)c23)C1. The molecular formula is C19H21N3O2S2. The van der Waals surface area contributed by atoms with E-state index in [1.165, 1.54) is 20.9 Å². The van der Waals surface area contributed by atoms with Gasteiger partial charge in [-0.2, -0.15) is 0 Å². The van der Waals surface area contributed by atoms with Crippen molar-refractivity contribution in [1.82, 2.24) is 15.0 Å². The van der Waals surface area contributed by atoms with Crippen LogP contribution in [0.1, 0.15) is 47.3 Å². The molecule has 3 aromatic heterocycles. The predicted molar refractivity (Wildman–Crippen MR) is 105 cm³/mol. The number of ketones is 1. The van der Waals surface area contributed by atoms with Crippen molar-refractivity contribution in [2.24, 2.45) is 11.3 Å². The second kappa shape index (κ2) is 6.39. The second-order valence-corrected chi connectivity index (χ2v) is 9.97. The zero-order valence-corrected chi connectivity index (χ0v) is 16.7. The van der Waals surface area contributed by atoms with Crippen LogP contribution < -0.4 is 5.56 Å². The molecule has 136 valence electrons. The van der Waals surface area contributed by atoms with Crippen molar-refractivity contribution in [3.63, 3.8) is 0 Å². The van der Waals surface area contributed by atoms with Gasteiger partial charge in [0.1, 0.15) is 6.54 Å². The van der Waals surface area contributed by atoms with Crippen molar-refractivity contribution in [3.05, 3.63) is 43.2 Å². The number of carbonyl (C=O) groups excluding carboxylic acids is 1. The van der Waals surface area contributed by atoms with Crippen LogP contribution in [0.25, 0.3) is 10.2 Å². The average molecular weight is 388 g/mol. The van der Waals surface area contributed by atoms with Gasteiger partial charge in [-0.3, -0.25) is 9.59 Å². The Balaban J connectivity index is 1.71. The highest BCUT2D eigenvalue weighted by Gasteiger charge is 2.32. The molecule has 0 N–H and O–H groups in total. The van der Waals surface area contributed by atoms with Gasteiger partial charge in [0.15, 0.2) is 10.6 Å². The Morgan fingerprint density at radius 3 is 2.88 bits per heavy atom. The first-order valence-corrected chi connectivity index (χ1v) is 10.5. The van der Waals surface area contributed by atoms with E-state index in [1.54, 1.807) is 17.4 Å². The molecule has 0 radical (unpaired) electrons. The van der Waals surface area contributed by atoms with Gasteiger partial charge in [-0.05, 0) is 47.6 Å². The van der Waals surface area contributed by atoms with E-state index in [2.05, 4.69) is 31.1 Å². The first kappa shape index (κ1) is 17.5. The lowest BCUT2D eigenvalue weighted by atomic mass is 9.72. The van der Waals surface area contributed by atoms with Crippen LogP contribution in [-0.4, -0.2) is 20.8 Å². The van der Waals surface area contributed by atoms with Gasteiger partial charge in [-0.25, -0.2) is 4.68 Å². The van der Waals surface area contributed by atoms with Gasteiger partial charge in [-0.15, -0.1) is 27.8 Å². The summed E-state index contributed by atoms with van der Waals surface area (Å²) in [6, 6.07) is 3.60.